The molecule has 21 heavy (non-hydrogen) atoms. The summed E-state index contributed by atoms with van der Waals surface area (Å²) in [6.07, 6.45) is 15.4. The van der Waals surface area contributed by atoms with Crippen LogP contribution in [0.2, 0.25) is 0 Å². The molecule has 0 saturated heterocycles. The monoisotopic (exact) mass is 314 g/mol. The van der Waals surface area contributed by atoms with Crippen molar-refractivity contribution in [3.63, 3.8) is 0 Å². The predicted molar refractivity (Wildman–Crippen MR) is 94.8 cm³/mol. The van der Waals surface area contributed by atoms with E-state index in [9.17, 15) is 4.79 Å². The first-order valence-corrected chi connectivity index (χ1v) is 9.14. The summed E-state index contributed by atoms with van der Waals surface area (Å²) in [6.45, 7) is 7.48. The zero-order chi connectivity index (χ0) is 15.9. The zero-order valence-electron chi connectivity index (χ0n) is 14.0. The maximum absolute atomic E-state index is 11.3. The molecule has 0 aromatic rings. The molecule has 0 N–H and O–H groups in total. The van der Waals surface area contributed by atoms with Gasteiger partial charge in [-0.1, -0.05) is 77.7 Å². The Labute approximate surface area is 137 Å². The average Bonchev–Trinajstić information content (AvgIpc) is 2.44. The van der Waals surface area contributed by atoms with Gasteiger partial charge in [-0.15, -0.1) is 12.6 Å². The van der Waals surface area contributed by atoms with Crippen molar-refractivity contribution in [1.82, 2.24) is 0 Å². The van der Waals surface area contributed by atoms with Crippen LogP contribution in [-0.4, -0.2) is 11.4 Å². The molecule has 2 nitrogen and oxygen atoms in total. The summed E-state index contributed by atoms with van der Waals surface area (Å²) in [5.41, 5.74) is 0.153. The highest BCUT2D eigenvalue weighted by molar-refractivity contribution is 7.80. The van der Waals surface area contributed by atoms with E-state index in [1.54, 1.807) is 6.92 Å². The van der Waals surface area contributed by atoms with Crippen molar-refractivity contribution in [2.45, 2.75) is 96.3 Å². The third-order valence-corrected chi connectivity index (χ3v) is 4.01. The van der Waals surface area contributed by atoms with Crippen LogP contribution >= 0.6 is 12.6 Å². The highest BCUT2D eigenvalue weighted by atomic mass is 32.1. The predicted octanol–water partition coefficient (Wildman–Crippen LogP) is 6.06. The minimum Gasteiger partial charge on any atom is -0.448 e. The number of hydrogen-bond acceptors (Lipinski definition) is 3. The minimum absolute atomic E-state index is 0.284. The van der Waals surface area contributed by atoms with Crippen LogP contribution in [0.5, 0.6) is 0 Å². The number of rotatable bonds is 14. The van der Waals surface area contributed by atoms with Gasteiger partial charge >= 0.3 is 5.97 Å². The molecule has 0 rings (SSSR count). The summed E-state index contributed by atoms with van der Waals surface area (Å²) in [6, 6.07) is 0. The molecule has 0 heterocycles. The molecule has 0 radical (unpaired) electrons. The molecular weight excluding hydrogens is 280 g/mol. The van der Waals surface area contributed by atoms with E-state index in [0.717, 1.165) is 12.8 Å². The normalized spacial score (nSPS) is 12.1. The third-order valence-electron chi connectivity index (χ3n) is 3.65. The number of carbonyl (C=O) groups excluding carboxylic acids is 1. The molecular formula is C18H34O2S. The van der Waals surface area contributed by atoms with Crippen LogP contribution in [-0.2, 0) is 9.53 Å². The largest absolute Gasteiger partial charge is 0.448 e. The van der Waals surface area contributed by atoms with Crippen LogP contribution in [0.15, 0.2) is 12.2 Å². The van der Waals surface area contributed by atoms with E-state index in [4.69, 9.17) is 4.74 Å². The van der Waals surface area contributed by atoms with Gasteiger partial charge in [0.15, 0.2) is 0 Å². The van der Waals surface area contributed by atoms with Crippen molar-refractivity contribution in [1.29, 1.82) is 0 Å². The van der Waals surface area contributed by atoms with Gasteiger partial charge in [0.25, 0.3) is 0 Å². The van der Waals surface area contributed by atoms with E-state index in [2.05, 4.69) is 26.1 Å². The van der Waals surface area contributed by atoms with E-state index in [1.165, 1.54) is 64.2 Å². The molecule has 0 spiro atoms. The number of carbonyl (C=O) groups is 1. The Kier molecular flexibility index (Phi) is 14.2. The fraction of sp³-hybridized carbons (Fsp3) is 0.833. The van der Waals surface area contributed by atoms with Crippen molar-refractivity contribution in [2.75, 3.05) is 0 Å². The Morgan fingerprint density at radius 3 is 1.81 bits per heavy atom. The van der Waals surface area contributed by atoms with Gasteiger partial charge in [0.1, 0.15) is 5.44 Å². The SMILES string of the molecule is C=C(C)C(=O)OC(S)CCCCCCCCCCCCC. The quantitative estimate of drug-likeness (QED) is 0.139. The minimum atomic E-state index is -0.335. The van der Waals surface area contributed by atoms with E-state index >= 15 is 0 Å². The van der Waals surface area contributed by atoms with E-state index < -0.39 is 0 Å². The first-order valence-electron chi connectivity index (χ1n) is 8.62. The van der Waals surface area contributed by atoms with Crippen molar-refractivity contribution in [3.05, 3.63) is 12.2 Å². The summed E-state index contributed by atoms with van der Waals surface area (Å²) in [5.74, 6) is -0.335. The topological polar surface area (TPSA) is 26.3 Å². The third kappa shape index (κ3) is 14.3. The fourth-order valence-corrected chi connectivity index (χ4v) is 2.54. The Morgan fingerprint density at radius 2 is 1.38 bits per heavy atom. The summed E-state index contributed by atoms with van der Waals surface area (Å²) in [7, 11) is 0. The number of unbranched alkanes of at least 4 members (excludes halogenated alkanes) is 10. The molecule has 0 aliphatic rings. The van der Waals surface area contributed by atoms with Crippen LogP contribution in [0.4, 0.5) is 0 Å². The van der Waals surface area contributed by atoms with E-state index in [-0.39, 0.29) is 11.4 Å². The molecule has 0 fully saturated rings. The standard InChI is InChI=1S/C18H34O2S/c1-4-5-6-7-8-9-10-11-12-13-14-15-17(21)20-18(19)16(2)3/h17,21H,2,4-15H2,1,3H3. The van der Waals surface area contributed by atoms with Crippen molar-refractivity contribution in [2.24, 2.45) is 0 Å². The van der Waals surface area contributed by atoms with Crippen molar-refractivity contribution < 1.29 is 9.53 Å². The van der Waals surface area contributed by atoms with Crippen LogP contribution in [0.3, 0.4) is 0 Å². The molecule has 124 valence electrons. The van der Waals surface area contributed by atoms with Gasteiger partial charge in [-0.05, 0) is 19.8 Å². The molecule has 0 aliphatic heterocycles. The van der Waals surface area contributed by atoms with Gasteiger partial charge < -0.3 is 4.74 Å². The lowest BCUT2D eigenvalue weighted by Gasteiger charge is -2.12. The van der Waals surface area contributed by atoms with Gasteiger partial charge in [-0.25, -0.2) is 4.79 Å². The molecule has 0 aliphatic carbocycles. The van der Waals surface area contributed by atoms with Crippen LogP contribution in [0.25, 0.3) is 0 Å². The zero-order valence-corrected chi connectivity index (χ0v) is 14.9. The maximum atomic E-state index is 11.3. The van der Waals surface area contributed by atoms with Crippen LogP contribution in [0, 0.1) is 0 Å². The second-order valence-electron chi connectivity index (χ2n) is 5.96. The molecule has 1 unspecified atom stereocenters. The second kappa shape index (κ2) is 14.5. The first kappa shape index (κ1) is 20.6. The summed E-state index contributed by atoms with van der Waals surface area (Å²) < 4.78 is 5.13. The Bertz CT molecular complexity index is 276. The molecule has 1 atom stereocenters. The second-order valence-corrected chi connectivity index (χ2v) is 6.54. The van der Waals surface area contributed by atoms with Crippen molar-refractivity contribution in [3.8, 4) is 0 Å². The van der Waals surface area contributed by atoms with Gasteiger partial charge in [-0.3, -0.25) is 0 Å². The molecule has 3 heteroatoms. The Morgan fingerprint density at radius 1 is 0.952 bits per heavy atom. The molecule has 0 amide bonds. The molecule has 0 aromatic carbocycles. The fourth-order valence-electron chi connectivity index (χ4n) is 2.27. The number of ether oxygens (including phenoxy) is 1. The summed E-state index contributed by atoms with van der Waals surface area (Å²) in [5, 5.41) is 0. The number of hydrogen-bond donors (Lipinski definition) is 1. The van der Waals surface area contributed by atoms with Gasteiger partial charge in [0.2, 0.25) is 0 Å². The summed E-state index contributed by atoms with van der Waals surface area (Å²) in [4.78, 5) is 11.3. The van der Waals surface area contributed by atoms with Gasteiger partial charge in [0, 0.05) is 5.57 Å². The lowest BCUT2D eigenvalue weighted by molar-refractivity contribution is -0.140. The van der Waals surface area contributed by atoms with Crippen molar-refractivity contribution >= 4 is 18.6 Å². The smallest absolute Gasteiger partial charge is 0.334 e. The lowest BCUT2D eigenvalue weighted by atomic mass is 10.1. The van der Waals surface area contributed by atoms with Gasteiger partial charge in [0.05, 0.1) is 0 Å². The average molecular weight is 315 g/mol. The highest BCUT2D eigenvalue weighted by Gasteiger charge is 2.09. The summed E-state index contributed by atoms with van der Waals surface area (Å²) >= 11 is 4.28. The Hall–Kier alpha value is -0.440. The van der Waals surface area contributed by atoms with Crippen LogP contribution in [0.1, 0.15) is 90.9 Å². The molecule has 0 bridgehead atoms. The van der Waals surface area contributed by atoms with E-state index in [0.29, 0.717) is 5.57 Å². The molecule has 0 saturated carbocycles. The van der Waals surface area contributed by atoms with Crippen LogP contribution < -0.4 is 0 Å². The number of thiol groups is 1. The Balaban J connectivity index is 3.25. The molecule has 0 aromatic heterocycles. The van der Waals surface area contributed by atoms with Gasteiger partial charge in [-0.2, -0.15) is 0 Å². The number of esters is 1. The highest BCUT2D eigenvalue weighted by Crippen LogP contribution is 2.15. The maximum Gasteiger partial charge on any atom is 0.334 e. The first-order chi connectivity index (χ1) is 10.1. The lowest BCUT2D eigenvalue weighted by Crippen LogP contribution is -2.13. The van der Waals surface area contributed by atoms with E-state index in [1.807, 2.05) is 0 Å².